The summed E-state index contributed by atoms with van der Waals surface area (Å²) in [5.74, 6) is 1.87. The van der Waals surface area contributed by atoms with Crippen LogP contribution in [0.2, 0.25) is 0 Å². The summed E-state index contributed by atoms with van der Waals surface area (Å²) in [5, 5.41) is 6.22. The number of para-hydroxylation sites is 5. The molecule has 0 spiro atoms. The van der Waals surface area contributed by atoms with Crippen LogP contribution in [0.1, 0.15) is 0 Å². The molecule has 0 amide bonds. The number of nitrogens with zero attached hydrogens (tertiary/aromatic N) is 6. The van der Waals surface area contributed by atoms with Crippen LogP contribution in [0, 0.1) is 0 Å². The van der Waals surface area contributed by atoms with Crippen molar-refractivity contribution in [3.63, 3.8) is 0 Å². The van der Waals surface area contributed by atoms with Crippen LogP contribution < -0.4 is 0 Å². The third-order valence-electron chi connectivity index (χ3n) is 13.1. The molecular weight excluding hydrogens is 825 g/mol. The zero-order valence-corrected chi connectivity index (χ0v) is 36.2. The first kappa shape index (κ1) is 36.9. The van der Waals surface area contributed by atoms with E-state index in [1.165, 1.54) is 64.6 Å². The van der Waals surface area contributed by atoms with Gasteiger partial charge in [-0.1, -0.05) is 151 Å². The molecule has 13 aromatic rings. The molecule has 6 nitrogen and oxygen atoms in total. The van der Waals surface area contributed by atoms with Gasteiger partial charge in [0, 0.05) is 64.8 Å². The average Bonchev–Trinajstić information content (AvgIpc) is 4.03. The average molecular weight is 861 g/mol. The van der Waals surface area contributed by atoms with E-state index in [9.17, 15) is 0 Å². The predicted octanol–water partition coefficient (Wildman–Crippen LogP) is 15.1. The first-order valence-corrected chi connectivity index (χ1v) is 23.0. The number of rotatable bonds is 6. The highest BCUT2D eigenvalue weighted by molar-refractivity contribution is 7.99. The van der Waals surface area contributed by atoms with Gasteiger partial charge in [0.15, 0.2) is 17.5 Å². The molecule has 308 valence electrons. The fourth-order valence-corrected chi connectivity index (χ4v) is 11.2. The number of hydrogen-bond donors (Lipinski definition) is 0. The van der Waals surface area contributed by atoms with E-state index in [4.69, 9.17) is 15.0 Å². The second-order valence-corrected chi connectivity index (χ2v) is 17.9. The standard InChI is InChI=1S/C59H36N6S/c1-3-15-37(16-4-1)56-60-57(38-29-32-43(33-30-38)63-48-24-9-7-21-44(48)45-22-8-10-25-49(45)63)62-58(61-56)41-18-13-17-39(35-41)40-31-34-46-51(36-40)64(42-19-5-2-6-20-42)59-54(46)47-23-14-28-53-55(47)65(59)50-26-11-12-27-52(50)66-53/h1-36H. The van der Waals surface area contributed by atoms with Crippen LogP contribution >= 0.6 is 11.8 Å². The lowest BCUT2D eigenvalue weighted by atomic mass is 10.0. The maximum atomic E-state index is 5.19. The van der Waals surface area contributed by atoms with E-state index < -0.39 is 0 Å². The monoisotopic (exact) mass is 860 g/mol. The Balaban J connectivity index is 0.913. The SMILES string of the molecule is c1ccc(-c2nc(-c3ccc(-n4c5ccccc5c5ccccc54)cc3)nc(-c3cccc(-c4ccc5c6c7cccc8c7n(c6n(-c6ccccc6)c5c4)-c4ccccc4S8)c3)n2)cc1. The van der Waals surface area contributed by atoms with Crippen molar-refractivity contribution >= 4 is 66.4 Å². The van der Waals surface area contributed by atoms with Crippen molar-refractivity contribution in [1.29, 1.82) is 0 Å². The minimum absolute atomic E-state index is 0.619. The lowest BCUT2D eigenvalue weighted by molar-refractivity contribution is 1.03. The second kappa shape index (κ2) is 14.5. The van der Waals surface area contributed by atoms with E-state index in [1.807, 2.05) is 30.0 Å². The van der Waals surface area contributed by atoms with Gasteiger partial charge in [0.25, 0.3) is 0 Å². The molecule has 0 unspecified atom stereocenters. The van der Waals surface area contributed by atoms with Gasteiger partial charge < -0.3 is 4.57 Å². The van der Waals surface area contributed by atoms with Crippen molar-refractivity contribution in [2.24, 2.45) is 0 Å². The summed E-state index contributed by atoms with van der Waals surface area (Å²) < 4.78 is 7.27. The summed E-state index contributed by atoms with van der Waals surface area (Å²) in [6, 6.07) is 77.7. The molecule has 0 radical (unpaired) electrons. The number of benzene rings is 9. The van der Waals surface area contributed by atoms with Gasteiger partial charge in [0.1, 0.15) is 5.65 Å². The first-order chi connectivity index (χ1) is 32.7. The molecule has 1 aliphatic rings. The Morgan fingerprint density at radius 1 is 0.318 bits per heavy atom. The normalized spacial score (nSPS) is 12.2. The van der Waals surface area contributed by atoms with E-state index in [2.05, 4.69) is 214 Å². The third kappa shape index (κ3) is 5.60. The lowest BCUT2D eigenvalue weighted by Crippen LogP contribution is -2.05. The zero-order chi connectivity index (χ0) is 43.3. The van der Waals surface area contributed by atoms with Crippen molar-refractivity contribution < 1.29 is 0 Å². The van der Waals surface area contributed by atoms with Crippen LogP contribution in [0.25, 0.3) is 117 Å². The number of fused-ring (bicyclic) bond motifs is 10. The molecule has 5 heterocycles. The Bertz CT molecular complexity index is 4020. The summed E-state index contributed by atoms with van der Waals surface area (Å²) >= 11 is 1.85. The zero-order valence-electron chi connectivity index (χ0n) is 35.4. The number of hydrogen-bond acceptors (Lipinski definition) is 4. The smallest absolute Gasteiger partial charge is 0.164 e. The van der Waals surface area contributed by atoms with Gasteiger partial charge in [0.05, 0.1) is 27.8 Å². The van der Waals surface area contributed by atoms with Gasteiger partial charge in [-0.15, -0.1) is 0 Å². The van der Waals surface area contributed by atoms with Gasteiger partial charge in [-0.3, -0.25) is 9.13 Å². The Morgan fingerprint density at radius 2 is 0.848 bits per heavy atom. The number of aromatic nitrogens is 6. The minimum atomic E-state index is 0.619. The maximum Gasteiger partial charge on any atom is 0.164 e. The summed E-state index contributed by atoms with van der Waals surface area (Å²) in [6.45, 7) is 0. The van der Waals surface area contributed by atoms with Crippen LogP contribution in [0.15, 0.2) is 228 Å². The summed E-state index contributed by atoms with van der Waals surface area (Å²) in [6.07, 6.45) is 0. The van der Waals surface area contributed by atoms with Gasteiger partial charge in [-0.05, 0) is 90.0 Å². The molecule has 0 aliphatic carbocycles. The van der Waals surface area contributed by atoms with Crippen molar-refractivity contribution in [3.8, 4) is 62.4 Å². The molecule has 66 heavy (non-hydrogen) atoms. The van der Waals surface area contributed by atoms with E-state index in [1.54, 1.807) is 0 Å². The van der Waals surface area contributed by atoms with Crippen molar-refractivity contribution in [2.45, 2.75) is 9.79 Å². The molecule has 14 rings (SSSR count). The third-order valence-corrected chi connectivity index (χ3v) is 14.2. The summed E-state index contributed by atoms with van der Waals surface area (Å²) in [5.41, 5.74) is 14.3. The molecular formula is C59H36N6S. The largest absolute Gasteiger partial charge is 0.309 e. The molecule has 7 heteroatoms. The molecule has 0 atom stereocenters. The minimum Gasteiger partial charge on any atom is -0.309 e. The molecule has 4 aromatic heterocycles. The Kier molecular flexibility index (Phi) is 8.11. The Labute approximate surface area is 383 Å². The van der Waals surface area contributed by atoms with Crippen molar-refractivity contribution in [1.82, 2.24) is 28.7 Å². The van der Waals surface area contributed by atoms with Crippen molar-refractivity contribution in [3.05, 3.63) is 218 Å². The lowest BCUT2D eigenvalue weighted by Gasteiger charge is -2.21. The van der Waals surface area contributed by atoms with Gasteiger partial charge >= 0.3 is 0 Å². The molecule has 0 saturated heterocycles. The van der Waals surface area contributed by atoms with Crippen LogP contribution in [0.5, 0.6) is 0 Å². The predicted molar refractivity (Wildman–Crippen MR) is 271 cm³/mol. The van der Waals surface area contributed by atoms with Crippen LogP contribution in [0.4, 0.5) is 0 Å². The molecule has 0 fully saturated rings. The highest BCUT2D eigenvalue weighted by atomic mass is 32.2. The molecule has 0 bridgehead atoms. The van der Waals surface area contributed by atoms with Gasteiger partial charge in [0.2, 0.25) is 0 Å². The second-order valence-electron chi connectivity index (χ2n) is 16.8. The maximum absolute atomic E-state index is 5.19. The highest BCUT2D eigenvalue weighted by Crippen LogP contribution is 2.50. The van der Waals surface area contributed by atoms with Gasteiger partial charge in [-0.2, -0.15) is 0 Å². The van der Waals surface area contributed by atoms with E-state index in [0.29, 0.717) is 17.5 Å². The summed E-state index contributed by atoms with van der Waals surface area (Å²) in [4.78, 5) is 17.9. The van der Waals surface area contributed by atoms with E-state index in [-0.39, 0.29) is 0 Å². The molecule has 0 N–H and O–H groups in total. The first-order valence-electron chi connectivity index (χ1n) is 22.2. The van der Waals surface area contributed by atoms with Crippen molar-refractivity contribution in [2.75, 3.05) is 0 Å². The molecule has 1 aliphatic heterocycles. The van der Waals surface area contributed by atoms with Crippen LogP contribution in [0.3, 0.4) is 0 Å². The van der Waals surface area contributed by atoms with Crippen LogP contribution in [-0.4, -0.2) is 28.7 Å². The fourth-order valence-electron chi connectivity index (χ4n) is 10.1. The van der Waals surface area contributed by atoms with Gasteiger partial charge in [-0.25, -0.2) is 15.0 Å². The molecule has 0 saturated carbocycles. The van der Waals surface area contributed by atoms with Crippen LogP contribution in [-0.2, 0) is 0 Å². The fraction of sp³-hybridized carbons (Fsp3) is 0. The Morgan fingerprint density at radius 3 is 1.61 bits per heavy atom. The molecule has 9 aromatic carbocycles. The highest BCUT2D eigenvalue weighted by Gasteiger charge is 2.28. The van der Waals surface area contributed by atoms with E-state index >= 15 is 0 Å². The summed E-state index contributed by atoms with van der Waals surface area (Å²) in [7, 11) is 0. The Hall–Kier alpha value is -8.52. The topological polar surface area (TPSA) is 53.5 Å². The van der Waals surface area contributed by atoms with E-state index in [0.717, 1.165) is 44.7 Å². The quantitative estimate of drug-likeness (QED) is 0.167.